The first kappa shape index (κ1) is 33.6. The van der Waals surface area contributed by atoms with E-state index in [1.54, 1.807) is 0 Å². The minimum atomic E-state index is -1.86. The summed E-state index contributed by atoms with van der Waals surface area (Å²) in [5.41, 5.74) is -0.654. The number of aliphatic hydroxyl groups excluding tert-OH is 8. The highest BCUT2D eigenvalue weighted by molar-refractivity contribution is 5.86. The second-order valence-electron chi connectivity index (χ2n) is 10.6. The Morgan fingerprint density at radius 2 is 1.20 bits per heavy atom. The van der Waals surface area contributed by atoms with E-state index in [0.717, 1.165) is 12.1 Å². The highest BCUT2D eigenvalue weighted by Crippen LogP contribution is 2.41. The van der Waals surface area contributed by atoms with Crippen LogP contribution in [0.4, 0.5) is 0 Å². The molecule has 1 aromatic heterocycles. The number of hydrogen-bond donors (Lipinski definition) is 9. The molecular weight excluding hydrogens is 620 g/mol. The normalized spacial score (nSPS) is 31.4. The molecule has 9 N–H and O–H groups in total. The molecule has 5 rings (SSSR count). The molecule has 2 aromatic carbocycles. The number of phenolic OH excluding ortho intramolecular Hbond substituents is 1. The minimum Gasteiger partial charge on any atom is -0.502 e. The molecule has 46 heavy (non-hydrogen) atoms. The van der Waals surface area contributed by atoms with E-state index in [9.17, 15) is 50.8 Å². The van der Waals surface area contributed by atoms with Crippen LogP contribution in [0.2, 0.25) is 0 Å². The van der Waals surface area contributed by atoms with Crippen LogP contribution in [0, 0.1) is 0 Å². The quantitative estimate of drug-likeness (QED) is 0.116. The van der Waals surface area contributed by atoms with E-state index in [1.165, 1.54) is 32.4 Å². The minimum absolute atomic E-state index is 0.00318. The summed E-state index contributed by atoms with van der Waals surface area (Å²) in [5, 5.41) is 91.1. The molecule has 0 amide bonds. The Hall–Kier alpha value is -3.75. The van der Waals surface area contributed by atoms with Gasteiger partial charge in [-0.2, -0.15) is 0 Å². The molecule has 2 unspecified atom stereocenters. The number of phenols is 1. The van der Waals surface area contributed by atoms with Crippen LogP contribution >= 0.6 is 0 Å². The lowest BCUT2D eigenvalue weighted by Crippen LogP contribution is -2.60. The topological polar surface area (TPSA) is 268 Å². The van der Waals surface area contributed by atoms with Gasteiger partial charge in [0.2, 0.25) is 18.3 Å². The first-order valence-electron chi connectivity index (χ1n) is 13.9. The van der Waals surface area contributed by atoms with Crippen LogP contribution < -0.4 is 24.4 Å². The molecule has 0 bridgehead atoms. The summed E-state index contributed by atoms with van der Waals surface area (Å²) in [6.07, 6.45) is -16.6. The zero-order valence-corrected chi connectivity index (χ0v) is 24.4. The van der Waals surface area contributed by atoms with Crippen molar-refractivity contribution in [2.24, 2.45) is 0 Å². The van der Waals surface area contributed by atoms with Crippen LogP contribution in [0.1, 0.15) is 0 Å². The van der Waals surface area contributed by atoms with E-state index < -0.39 is 80.1 Å². The van der Waals surface area contributed by atoms with Gasteiger partial charge < -0.3 is 78.8 Å². The zero-order valence-electron chi connectivity index (χ0n) is 24.4. The molecule has 0 spiro atoms. The highest BCUT2D eigenvalue weighted by atomic mass is 16.7. The summed E-state index contributed by atoms with van der Waals surface area (Å²) in [4.78, 5) is 13.6. The number of ether oxygens (including phenoxy) is 6. The first-order valence-corrected chi connectivity index (χ1v) is 13.9. The molecule has 0 aliphatic carbocycles. The van der Waals surface area contributed by atoms with E-state index in [2.05, 4.69) is 0 Å². The molecule has 3 heterocycles. The highest BCUT2D eigenvalue weighted by Gasteiger charge is 2.46. The monoisotopic (exact) mass is 654 g/mol. The number of benzene rings is 2. The van der Waals surface area contributed by atoms with Crippen molar-refractivity contribution in [3.8, 4) is 40.1 Å². The third-order valence-electron chi connectivity index (χ3n) is 7.72. The molecule has 0 saturated carbocycles. The Labute approximate surface area is 259 Å². The SMILES string of the molecule is COc1cc(-c2cc(=O)c3c(OC4O[C@H](CO)[C@@H](O)[C@H](O)[C@H]4O)cc(OC4O[C@H](CO)[C@@H](O)[C@H](O)[C@H]4O)cc3o2)cc(OC)c1O. The number of fused-ring (bicyclic) bond motifs is 1. The molecule has 17 nitrogen and oxygen atoms in total. The van der Waals surface area contributed by atoms with Crippen molar-refractivity contribution in [3.05, 3.63) is 40.6 Å². The van der Waals surface area contributed by atoms with Gasteiger partial charge in [0, 0.05) is 23.8 Å². The van der Waals surface area contributed by atoms with E-state index in [-0.39, 0.29) is 51.0 Å². The summed E-state index contributed by atoms with van der Waals surface area (Å²) in [7, 11) is 2.61. The third kappa shape index (κ3) is 6.17. The first-order chi connectivity index (χ1) is 21.9. The summed E-state index contributed by atoms with van der Waals surface area (Å²) in [5.74, 6) is -0.896. The number of rotatable bonds is 9. The predicted octanol–water partition coefficient (Wildman–Crippen LogP) is -2.46. The maximum Gasteiger partial charge on any atom is 0.229 e. The van der Waals surface area contributed by atoms with Crippen molar-refractivity contribution in [3.63, 3.8) is 0 Å². The maximum absolute atomic E-state index is 13.6. The maximum atomic E-state index is 13.6. The van der Waals surface area contributed by atoms with Crippen molar-refractivity contribution in [2.75, 3.05) is 27.4 Å². The van der Waals surface area contributed by atoms with Crippen molar-refractivity contribution in [2.45, 2.75) is 61.4 Å². The molecule has 3 aromatic rings. The predicted molar refractivity (Wildman–Crippen MR) is 151 cm³/mol. The number of methoxy groups -OCH3 is 2. The van der Waals surface area contributed by atoms with Gasteiger partial charge in [0.15, 0.2) is 16.9 Å². The van der Waals surface area contributed by atoms with Gasteiger partial charge in [-0.05, 0) is 12.1 Å². The number of hydrogen-bond acceptors (Lipinski definition) is 17. The van der Waals surface area contributed by atoms with Gasteiger partial charge in [0.05, 0.1) is 27.4 Å². The van der Waals surface area contributed by atoms with Crippen LogP contribution in [0.5, 0.6) is 28.7 Å². The Kier molecular flexibility index (Phi) is 9.89. The average molecular weight is 655 g/mol. The van der Waals surface area contributed by atoms with Gasteiger partial charge in [0.25, 0.3) is 0 Å². The second-order valence-corrected chi connectivity index (χ2v) is 10.6. The molecular formula is C29H34O17. The fraction of sp³-hybridized carbons (Fsp3) is 0.483. The van der Waals surface area contributed by atoms with Gasteiger partial charge in [0.1, 0.15) is 77.1 Å². The average Bonchev–Trinajstić information content (AvgIpc) is 3.04. The van der Waals surface area contributed by atoms with Crippen LogP contribution in [0.15, 0.2) is 39.5 Å². The van der Waals surface area contributed by atoms with Gasteiger partial charge in [-0.25, -0.2) is 0 Å². The van der Waals surface area contributed by atoms with Crippen molar-refractivity contribution < 1.29 is 78.8 Å². The summed E-state index contributed by atoms with van der Waals surface area (Å²) < 4.78 is 38.8. The van der Waals surface area contributed by atoms with Gasteiger partial charge >= 0.3 is 0 Å². The van der Waals surface area contributed by atoms with Crippen LogP contribution in [-0.2, 0) is 9.47 Å². The Bertz CT molecular complexity index is 1560. The van der Waals surface area contributed by atoms with Gasteiger partial charge in [-0.3, -0.25) is 4.79 Å². The molecule has 2 saturated heterocycles. The molecule has 0 radical (unpaired) electrons. The zero-order chi connectivity index (χ0) is 33.4. The standard InChI is InChI=1S/C29H34O17/c1-40-16-3-10(4-17(41-2)21(16)33)13-7-12(32)20-14(43-13)5-11(42-28-26(38)24(36)22(34)18(8-30)45-28)6-15(20)44-29-27(39)25(37)23(35)19(9-31)46-29/h3-7,18-19,22-31,33-39H,8-9H2,1-2H3/t18-,19-,22-,23-,24+,25+,26-,27-,28?,29?/m1/s1. The summed E-state index contributed by atoms with van der Waals surface area (Å²) in [6, 6.07) is 6.17. The Morgan fingerprint density at radius 1 is 0.674 bits per heavy atom. The van der Waals surface area contributed by atoms with Gasteiger partial charge in [-0.1, -0.05) is 0 Å². The van der Waals surface area contributed by atoms with Crippen molar-refractivity contribution in [1.82, 2.24) is 0 Å². The fourth-order valence-electron chi connectivity index (χ4n) is 5.16. The van der Waals surface area contributed by atoms with Crippen molar-refractivity contribution in [1.29, 1.82) is 0 Å². The smallest absolute Gasteiger partial charge is 0.229 e. The molecule has 10 atom stereocenters. The number of aromatic hydroxyl groups is 1. The van der Waals surface area contributed by atoms with E-state index in [0.29, 0.717) is 0 Å². The fourth-order valence-corrected chi connectivity index (χ4v) is 5.16. The Balaban J connectivity index is 1.62. The summed E-state index contributed by atoms with van der Waals surface area (Å²) >= 11 is 0. The second kappa shape index (κ2) is 13.5. The molecule has 17 heteroatoms. The molecule has 252 valence electrons. The molecule has 2 aliphatic rings. The Morgan fingerprint density at radius 3 is 1.70 bits per heavy atom. The van der Waals surface area contributed by atoms with E-state index in [4.69, 9.17) is 32.8 Å². The van der Waals surface area contributed by atoms with E-state index >= 15 is 0 Å². The van der Waals surface area contributed by atoms with Crippen LogP contribution in [0.25, 0.3) is 22.3 Å². The summed E-state index contributed by atoms with van der Waals surface area (Å²) in [6.45, 7) is -1.48. The lowest BCUT2D eigenvalue weighted by Gasteiger charge is -2.40. The van der Waals surface area contributed by atoms with Gasteiger partial charge in [-0.15, -0.1) is 0 Å². The largest absolute Gasteiger partial charge is 0.502 e. The lowest BCUT2D eigenvalue weighted by atomic mass is 9.99. The van der Waals surface area contributed by atoms with Crippen molar-refractivity contribution >= 4 is 11.0 Å². The lowest BCUT2D eigenvalue weighted by molar-refractivity contribution is -0.278. The van der Waals surface area contributed by atoms with Crippen LogP contribution in [0.3, 0.4) is 0 Å². The van der Waals surface area contributed by atoms with Crippen LogP contribution in [-0.4, -0.2) is 135 Å². The third-order valence-corrected chi connectivity index (χ3v) is 7.72. The number of aliphatic hydroxyl groups is 8. The molecule has 2 aliphatic heterocycles. The van der Waals surface area contributed by atoms with E-state index in [1.807, 2.05) is 0 Å². The molecule has 2 fully saturated rings.